The lowest BCUT2D eigenvalue weighted by Gasteiger charge is -2.31. The molecule has 90 valence electrons. The molecule has 0 fully saturated rings. The largest absolute Gasteiger partial charge is 0.395 e. The summed E-state index contributed by atoms with van der Waals surface area (Å²) in [6.07, 6.45) is 1.10. The van der Waals surface area contributed by atoms with Gasteiger partial charge in [0.25, 0.3) is 0 Å². The molecule has 0 aliphatic heterocycles. The van der Waals surface area contributed by atoms with Crippen molar-refractivity contribution >= 4 is 0 Å². The molecule has 1 aromatic rings. The highest BCUT2D eigenvalue weighted by Gasteiger charge is 2.19. The molecule has 0 amide bonds. The fraction of sp³-hybridized carbons (Fsp3) is 0.571. The molecule has 2 heteroatoms. The highest BCUT2D eigenvalue weighted by Crippen LogP contribution is 2.15. The topological polar surface area (TPSA) is 23.5 Å². The van der Waals surface area contributed by atoms with Crippen LogP contribution in [0.25, 0.3) is 0 Å². The third-order valence-electron chi connectivity index (χ3n) is 3.33. The Hall–Kier alpha value is -0.860. The minimum absolute atomic E-state index is 0.234. The van der Waals surface area contributed by atoms with Gasteiger partial charge in [0.05, 0.1) is 6.61 Å². The van der Waals surface area contributed by atoms with E-state index in [4.69, 9.17) is 0 Å². The van der Waals surface area contributed by atoms with Gasteiger partial charge >= 0.3 is 0 Å². The van der Waals surface area contributed by atoms with E-state index in [0.29, 0.717) is 5.92 Å². The van der Waals surface area contributed by atoms with E-state index in [9.17, 15) is 5.11 Å². The van der Waals surface area contributed by atoms with Crippen molar-refractivity contribution in [3.05, 3.63) is 35.9 Å². The van der Waals surface area contributed by atoms with Crippen molar-refractivity contribution in [2.75, 3.05) is 13.7 Å². The molecule has 1 aromatic carbocycles. The van der Waals surface area contributed by atoms with Gasteiger partial charge in [-0.05, 0) is 18.5 Å². The van der Waals surface area contributed by atoms with E-state index in [1.54, 1.807) is 0 Å². The lowest BCUT2D eigenvalue weighted by atomic mass is 9.98. The van der Waals surface area contributed by atoms with E-state index >= 15 is 0 Å². The highest BCUT2D eigenvalue weighted by molar-refractivity contribution is 5.14. The summed E-state index contributed by atoms with van der Waals surface area (Å²) in [5.41, 5.74) is 1.30. The summed E-state index contributed by atoms with van der Waals surface area (Å²) in [4.78, 5) is 2.24. The van der Waals surface area contributed by atoms with Gasteiger partial charge in [0.15, 0.2) is 0 Å². The molecule has 2 nitrogen and oxygen atoms in total. The lowest BCUT2D eigenvalue weighted by molar-refractivity contribution is 0.0999. The molecule has 0 spiro atoms. The first kappa shape index (κ1) is 13.2. The summed E-state index contributed by atoms with van der Waals surface area (Å²) in [6.45, 7) is 5.50. The third-order valence-corrected chi connectivity index (χ3v) is 3.33. The number of likely N-dealkylation sites (N-methyl/N-ethyl adjacent to an activating group) is 1. The van der Waals surface area contributed by atoms with Crippen LogP contribution in [0.2, 0.25) is 0 Å². The van der Waals surface area contributed by atoms with E-state index in [1.807, 2.05) is 6.07 Å². The van der Waals surface area contributed by atoms with Crippen LogP contribution in [0.5, 0.6) is 0 Å². The van der Waals surface area contributed by atoms with E-state index in [1.165, 1.54) is 5.56 Å². The van der Waals surface area contributed by atoms with Crippen LogP contribution >= 0.6 is 0 Å². The maximum Gasteiger partial charge on any atom is 0.0589 e. The zero-order valence-electron chi connectivity index (χ0n) is 10.6. The van der Waals surface area contributed by atoms with Crippen molar-refractivity contribution in [3.63, 3.8) is 0 Å². The van der Waals surface area contributed by atoms with Gasteiger partial charge < -0.3 is 5.11 Å². The van der Waals surface area contributed by atoms with Crippen LogP contribution in [-0.2, 0) is 6.54 Å². The molecule has 1 unspecified atom stereocenters. The monoisotopic (exact) mass is 221 g/mol. The highest BCUT2D eigenvalue weighted by atomic mass is 16.3. The number of rotatable bonds is 6. The average Bonchev–Trinajstić information content (AvgIpc) is 2.31. The van der Waals surface area contributed by atoms with Crippen LogP contribution < -0.4 is 0 Å². The van der Waals surface area contributed by atoms with Crippen LogP contribution in [-0.4, -0.2) is 29.7 Å². The van der Waals surface area contributed by atoms with Crippen molar-refractivity contribution in [2.24, 2.45) is 5.92 Å². The summed E-state index contributed by atoms with van der Waals surface area (Å²) in [7, 11) is 2.08. The van der Waals surface area contributed by atoms with E-state index in [-0.39, 0.29) is 12.6 Å². The second-order valence-corrected chi connectivity index (χ2v) is 4.54. The summed E-state index contributed by atoms with van der Waals surface area (Å²) in [5, 5.41) is 9.43. The standard InChI is InChI=1S/C14H23NO/c1-4-12(2)14(11-16)15(3)10-13-8-6-5-7-9-13/h5-9,12,14,16H,4,10-11H2,1-3H3/t12-,14?/m0/s1. The Bertz CT molecular complexity index is 286. The van der Waals surface area contributed by atoms with Gasteiger partial charge in [0, 0.05) is 12.6 Å². The molecule has 0 saturated heterocycles. The number of aliphatic hydroxyl groups excluding tert-OH is 1. The Morgan fingerprint density at radius 3 is 2.38 bits per heavy atom. The molecular formula is C14H23NO. The van der Waals surface area contributed by atoms with Gasteiger partial charge in [-0.3, -0.25) is 4.90 Å². The molecule has 0 radical (unpaired) electrons. The quantitative estimate of drug-likeness (QED) is 0.798. The molecule has 2 atom stereocenters. The van der Waals surface area contributed by atoms with Gasteiger partial charge in [-0.2, -0.15) is 0 Å². The van der Waals surface area contributed by atoms with E-state index < -0.39 is 0 Å². The van der Waals surface area contributed by atoms with Gasteiger partial charge in [-0.25, -0.2) is 0 Å². The van der Waals surface area contributed by atoms with Crippen molar-refractivity contribution in [1.29, 1.82) is 0 Å². The molecule has 0 aromatic heterocycles. The molecule has 0 saturated carbocycles. The summed E-state index contributed by atoms with van der Waals surface area (Å²) < 4.78 is 0. The predicted octanol–water partition coefficient (Wildman–Crippen LogP) is 2.53. The zero-order chi connectivity index (χ0) is 12.0. The fourth-order valence-electron chi connectivity index (χ4n) is 2.01. The van der Waals surface area contributed by atoms with Crippen molar-refractivity contribution < 1.29 is 5.11 Å². The SMILES string of the molecule is CC[C@H](C)C(CO)N(C)Cc1ccccc1. The molecular weight excluding hydrogens is 198 g/mol. The smallest absolute Gasteiger partial charge is 0.0589 e. The van der Waals surface area contributed by atoms with Crippen LogP contribution in [0.15, 0.2) is 30.3 Å². The van der Waals surface area contributed by atoms with Crippen molar-refractivity contribution in [3.8, 4) is 0 Å². The molecule has 16 heavy (non-hydrogen) atoms. The molecule has 0 bridgehead atoms. The first-order valence-electron chi connectivity index (χ1n) is 6.04. The van der Waals surface area contributed by atoms with E-state index in [2.05, 4.69) is 50.1 Å². The molecule has 1 rings (SSSR count). The number of nitrogens with zero attached hydrogens (tertiary/aromatic N) is 1. The first-order chi connectivity index (χ1) is 7.69. The maximum absolute atomic E-state index is 9.43. The summed E-state index contributed by atoms with van der Waals surface area (Å²) in [5.74, 6) is 0.527. The fourth-order valence-corrected chi connectivity index (χ4v) is 2.01. The Morgan fingerprint density at radius 2 is 1.88 bits per heavy atom. The minimum Gasteiger partial charge on any atom is -0.395 e. The number of hydrogen-bond acceptors (Lipinski definition) is 2. The number of aliphatic hydroxyl groups is 1. The summed E-state index contributed by atoms with van der Waals surface area (Å²) in [6, 6.07) is 10.6. The van der Waals surface area contributed by atoms with E-state index in [0.717, 1.165) is 13.0 Å². The Kier molecular flexibility index (Phi) is 5.50. The third kappa shape index (κ3) is 3.62. The second kappa shape index (κ2) is 6.66. The van der Waals surface area contributed by atoms with Crippen LogP contribution in [0.4, 0.5) is 0 Å². The van der Waals surface area contributed by atoms with Gasteiger partial charge in [-0.1, -0.05) is 50.6 Å². The van der Waals surface area contributed by atoms with Crippen molar-refractivity contribution in [1.82, 2.24) is 4.90 Å². The van der Waals surface area contributed by atoms with Gasteiger partial charge in [-0.15, -0.1) is 0 Å². The van der Waals surface area contributed by atoms with Crippen LogP contribution in [0, 0.1) is 5.92 Å². The molecule has 1 N–H and O–H groups in total. The minimum atomic E-state index is 0.234. The maximum atomic E-state index is 9.43. The Balaban J connectivity index is 2.59. The molecule has 0 aliphatic carbocycles. The van der Waals surface area contributed by atoms with Gasteiger partial charge in [0.2, 0.25) is 0 Å². The number of hydrogen-bond donors (Lipinski definition) is 1. The zero-order valence-corrected chi connectivity index (χ0v) is 10.6. The first-order valence-corrected chi connectivity index (χ1v) is 6.04. The number of benzene rings is 1. The second-order valence-electron chi connectivity index (χ2n) is 4.54. The average molecular weight is 221 g/mol. The summed E-state index contributed by atoms with van der Waals surface area (Å²) >= 11 is 0. The van der Waals surface area contributed by atoms with Gasteiger partial charge in [0.1, 0.15) is 0 Å². The Labute approximate surface area is 98.9 Å². The van der Waals surface area contributed by atoms with Crippen molar-refractivity contribution in [2.45, 2.75) is 32.9 Å². The lowest BCUT2D eigenvalue weighted by Crippen LogP contribution is -2.39. The van der Waals surface area contributed by atoms with Crippen LogP contribution in [0.1, 0.15) is 25.8 Å². The predicted molar refractivity (Wildman–Crippen MR) is 68.2 cm³/mol. The molecule has 0 aliphatic rings. The molecule has 0 heterocycles. The normalized spacial score (nSPS) is 15.1. The van der Waals surface area contributed by atoms with Crippen LogP contribution in [0.3, 0.4) is 0 Å². The Morgan fingerprint density at radius 1 is 1.25 bits per heavy atom.